The first kappa shape index (κ1) is 14.2. The highest BCUT2D eigenvalue weighted by molar-refractivity contribution is 7.99. The molecule has 0 aromatic heterocycles. The normalized spacial score (nSPS) is 13.9. The van der Waals surface area contributed by atoms with Gasteiger partial charge in [0.15, 0.2) is 5.82 Å². The molecular formula is C15H12ClFN2OS. The Hall–Kier alpha value is -1.72. The summed E-state index contributed by atoms with van der Waals surface area (Å²) in [5.74, 6) is -0.333. The van der Waals surface area contributed by atoms with Crippen LogP contribution >= 0.6 is 23.4 Å². The zero-order valence-corrected chi connectivity index (χ0v) is 12.5. The van der Waals surface area contributed by atoms with E-state index in [-0.39, 0.29) is 10.6 Å². The quantitative estimate of drug-likeness (QED) is 0.812. The third-order valence-corrected chi connectivity index (χ3v) is 4.61. The fraction of sp³-hybridized carbons (Fsp3) is 0.133. The number of hydrogen-bond donors (Lipinski definition) is 1. The minimum Gasteiger partial charge on any atom is -0.399 e. The first-order valence-corrected chi connectivity index (χ1v) is 7.72. The molecule has 0 unspecified atom stereocenters. The standard InChI is InChI=1S/C15H12ClFN2OS/c16-11-3-1-2-10(14(11)17)15(20)19-6-7-21-13-5-4-9(18)8-12(13)19/h1-5,8H,6-7,18H2. The van der Waals surface area contributed by atoms with Crippen molar-refractivity contribution in [2.45, 2.75) is 4.90 Å². The molecule has 1 aliphatic rings. The molecule has 2 N–H and O–H groups in total. The number of nitrogens with two attached hydrogens (primary N) is 1. The molecule has 1 aliphatic heterocycles. The maximum Gasteiger partial charge on any atom is 0.261 e. The number of rotatable bonds is 1. The smallest absolute Gasteiger partial charge is 0.261 e. The Morgan fingerprint density at radius 3 is 2.95 bits per heavy atom. The van der Waals surface area contributed by atoms with E-state index < -0.39 is 11.7 Å². The summed E-state index contributed by atoms with van der Waals surface area (Å²) < 4.78 is 14.1. The number of benzene rings is 2. The van der Waals surface area contributed by atoms with Gasteiger partial charge in [0.25, 0.3) is 5.91 Å². The molecule has 1 amide bonds. The van der Waals surface area contributed by atoms with E-state index in [1.165, 1.54) is 12.1 Å². The van der Waals surface area contributed by atoms with E-state index in [2.05, 4.69) is 0 Å². The number of hydrogen-bond acceptors (Lipinski definition) is 3. The third-order valence-electron chi connectivity index (χ3n) is 3.27. The Bertz CT molecular complexity index is 723. The zero-order chi connectivity index (χ0) is 15.0. The number of nitrogens with zero attached hydrogens (tertiary/aromatic N) is 1. The molecule has 0 aliphatic carbocycles. The van der Waals surface area contributed by atoms with Crippen LogP contribution in [0.1, 0.15) is 10.4 Å². The molecule has 3 rings (SSSR count). The predicted octanol–water partition coefficient (Wildman–Crippen LogP) is 3.81. The summed E-state index contributed by atoms with van der Waals surface area (Å²) in [6, 6.07) is 9.84. The van der Waals surface area contributed by atoms with Gasteiger partial charge in [-0.15, -0.1) is 11.8 Å². The van der Waals surface area contributed by atoms with E-state index in [1.807, 2.05) is 6.07 Å². The van der Waals surface area contributed by atoms with Crippen molar-refractivity contribution < 1.29 is 9.18 Å². The average Bonchev–Trinajstić information content (AvgIpc) is 2.48. The van der Waals surface area contributed by atoms with Crippen LogP contribution in [0.2, 0.25) is 5.02 Å². The fourth-order valence-electron chi connectivity index (χ4n) is 2.26. The van der Waals surface area contributed by atoms with Crippen molar-refractivity contribution in [1.82, 2.24) is 0 Å². The van der Waals surface area contributed by atoms with Crippen molar-refractivity contribution in [3.63, 3.8) is 0 Å². The third kappa shape index (κ3) is 2.59. The van der Waals surface area contributed by atoms with E-state index in [4.69, 9.17) is 17.3 Å². The maximum atomic E-state index is 14.1. The number of fused-ring (bicyclic) bond motifs is 1. The Morgan fingerprint density at radius 2 is 2.14 bits per heavy atom. The molecule has 6 heteroatoms. The van der Waals surface area contributed by atoms with Gasteiger partial charge in [0.2, 0.25) is 0 Å². The van der Waals surface area contributed by atoms with Crippen LogP contribution in [0.3, 0.4) is 0 Å². The van der Waals surface area contributed by atoms with Gasteiger partial charge in [0.1, 0.15) is 0 Å². The fourth-order valence-corrected chi connectivity index (χ4v) is 3.41. The van der Waals surface area contributed by atoms with Crippen LogP contribution in [0.4, 0.5) is 15.8 Å². The minimum absolute atomic E-state index is 0.0252. The van der Waals surface area contributed by atoms with Gasteiger partial charge in [-0.1, -0.05) is 17.7 Å². The molecule has 21 heavy (non-hydrogen) atoms. The Kier molecular flexibility index (Phi) is 3.78. The van der Waals surface area contributed by atoms with E-state index in [1.54, 1.807) is 34.9 Å². The number of carbonyl (C=O) groups excluding carboxylic acids is 1. The predicted molar refractivity (Wildman–Crippen MR) is 84.7 cm³/mol. The lowest BCUT2D eigenvalue weighted by Gasteiger charge is -2.29. The van der Waals surface area contributed by atoms with Gasteiger partial charge in [-0.05, 0) is 30.3 Å². The highest BCUT2D eigenvalue weighted by Crippen LogP contribution is 2.37. The SMILES string of the molecule is Nc1ccc2c(c1)N(C(=O)c1cccc(Cl)c1F)CCS2. The second-order valence-electron chi connectivity index (χ2n) is 4.63. The number of thioether (sulfide) groups is 1. The molecule has 108 valence electrons. The second-order valence-corrected chi connectivity index (χ2v) is 6.18. The lowest BCUT2D eigenvalue weighted by atomic mass is 10.1. The molecular weight excluding hydrogens is 311 g/mol. The van der Waals surface area contributed by atoms with E-state index in [0.29, 0.717) is 12.2 Å². The summed E-state index contributed by atoms with van der Waals surface area (Å²) in [4.78, 5) is 15.1. The topological polar surface area (TPSA) is 46.3 Å². The molecule has 0 bridgehead atoms. The molecule has 0 saturated carbocycles. The number of anilines is 2. The van der Waals surface area contributed by atoms with Crippen LogP contribution in [0.5, 0.6) is 0 Å². The van der Waals surface area contributed by atoms with Crippen LogP contribution in [0, 0.1) is 5.82 Å². The minimum atomic E-state index is -0.687. The van der Waals surface area contributed by atoms with Crippen LogP contribution in [0.15, 0.2) is 41.3 Å². The summed E-state index contributed by atoms with van der Waals surface area (Å²) in [6.07, 6.45) is 0. The molecule has 3 nitrogen and oxygen atoms in total. The van der Waals surface area contributed by atoms with Gasteiger partial charge >= 0.3 is 0 Å². The van der Waals surface area contributed by atoms with Gasteiger partial charge < -0.3 is 10.6 Å². The average molecular weight is 323 g/mol. The van der Waals surface area contributed by atoms with E-state index >= 15 is 0 Å². The van der Waals surface area contributed by atoms with Crippen LogP contribution < -0.4 is 10.6 Å². The van der Waals surface area contributed by atoms with Gasteiger partial charge in [-0.2, -0.15) is 0 Å². The lowest BCUT2D eigenvalue weighted by molar-refractivity contribution is 0.0984. The molecule has 2 aromatic rings. The van der Waals surface area contributed by atoms with Crippen molar-refractivity contribution in [3.8, 4) is 0 Å². The number of amides is 1. The summed E-state index contributed by atoms with van der Waals surface area (Å²) in [6.45, 7) is 0.506. The molecule has 0 saturated heterocycles. The molecule has 0 atom stereocenters. The monoisotopic (exact) mass is 322 g/mol. The van der Waals surface area contributed by atoms with Crippen molar-refractivity contribution >= 4 is 40.6 Å². The summed E-state index contributed by atoms with van der Waals surface area (Å²) in [5.41, 5.74) is 7.06. The Balaban J connectivity index is 2.04. The first-order valence-electron chi connectivity index (χ1n) is 6.36. The van der Waals surface area contributed by atoms with Crippen molar-refractivity contribution in [2.24, 2.45) is 0 Å². The zero-order valence-electron chi connectivity index (χ0n) is 11.0. The van der Waals surface area contributed by atoms with Gasteiger partial charge in [0, 0.05) is 22.9 Å². The number of halogens is 2. The van der Waals surface area contributed by atoms with Crippen molar-refractivity contribution in [2.75, 3.05) is 22.9 Å². The second kappa shape index (κ2) is 5.58. The molecule has 2 aromatic carbocycles. The lowest BCUT2D eigenvalue weighted by Crippen LogP contribution is -2.36. The highest BCUT2D eigenvalue weighted by Gasteiger charge is 2.26. The molecule has 1 heterocycles. The summed E-state index contributed by atoms with van der Waals surface area (Å²) in [7, 11) is 0. The van der Waals surface area contributed by atoms with Crippen molar-refractivity contribution in [3.05, 3.63) is 52.8 Å². The highest BCUT2D eigenvalue weighted by atomic mass is 35.5. The molecule has 0 spiro atoms. The number of nitrogen functional groups attached to an aromatic ring is 1. The van der Waals surface area contributed by atoms with Gasteiger partial charge in [0.05, 0.1) is 16.3 Å². The Morgan fingerprint density at radius 1 is 1.33 bits per heavy atom. The first-order chi connectivity index (χ1) is 10.1. The Labute approximate surface area is 130 Å². The maximum absolute atomic E-state index is 14.1. The molecule has 0 fully saturated rings. The molecule has 0 radical (unpaired) electrons. The van der Waals surface area contributed by atoms with Gasteiger partial charge in [-0.25, -0.2) is 4.39 Å². The van der Waals surface area contributed by atoms with Crippen molar-refractivity contribution in [1.29, 1.82) is 0 Å². The van der Waals surface area contributed by atoms with E-state index in [0.717, 1.165) is 16.3 Å². The summed E-state index contributed by atoms with van der Waals surface area (Å²) >= 11 is 7.40. The van der Waals surface area contributed by atoms with Gasteiger partial charge in [-0.3, -0.25) is 4.79 Å². The summed E-state index contributed by atoms with van der Waals surface area (Å²) in [5, 5.41) is -0.0555. The van der Waals surface area contributed by atoms with Crippen LogP contribution in [0.25, 0.3) is 0 Å². The van der Waals surface area contributed by atoms with Crippen LogP contribution in [-0.2, 0) is 0 Å². The van der Waals surface area contributed by atoms with Crippen LogP contribution in [-0.4, -0.2) is 18.2 Å². The van der Waals surface area contributed by atoms with E-state index in [9.17, 15) is 9.18 Å². The number of carbonyl (C=O) groups is 1. The largest absolute Gasteiger partial charge is 0.399 e.